The average molecular weight is 756 g/mol. The minimum Gasteiger partial charge on any atom is -0.458 e. The Hall–Kier alpha value is -6.60. The fraction of sp³-hybridized carbons (Fsp3) is 0.176. The van der Waals surface area contributed by atoms with E-state index in [9.17, 15) is 0 Å². The van der Waals surface area contributed by atoms with Crippen molar-refractivity contribution in [1.29, 1.82) is 0 Å². The van der Waals surface area contributed by atoms with Crippen LogP contribution in [0.3, 0.4) is 0 Å². The van der Waals surface area contributed by atoms with E-state index in [1.807, 2.05) is 12.3 Å². The Kier molecular flexibility index (Phi) is 8.17. The second kappa shape index (κ2) is 13.2. The summed E-state index contributed by atoms with van der Waals surface area (Å²) in [6.45, 7) is 15.7. The van der Waals surface area contributed by atoms with Crippen LogP contribution in [0.5, 0.6) is 11.5 Å². The van der Waals surface area contributed by atoms with Crippen molar-refractivity contribution in [2.24, 2.45) is 0 Å². The van der Waals surface area contributed by atoms with E-state index < -0.39 is 0 Å². The van der Waals surface area contributed by atoms with Crippen molar-refractivity contribution in [1.82, 2.24) is 9.55 Å². The van der Waals surface area contributed by atoms with Crippen molar-refractivity contribution < 1.29 is 9.30 Å². The normalized spacial score (nSPS) is 14.2. The number of pyridine rings is 1. The number of aryl methyl sites for hydroxylation is 2. The molecule has 0 fully saturated rings. The second-order valence-corrected chi connectivity index (χ2v) is 17.3. The van der Waals surface area contributed by atoms with Gasteiger partial charge in [-0.25, -0.2) is 4.98 Å². The smallest absolute Gasteiger partial charge is 0.422 e. The molecule has 2 aromatic heterocycles. The Labute approximate surface area is 341 Å². The van der Waals surface area contributed by atoms with Crippen LogP contribution >= 0.6 is 0 Å². The van der Waals surface area contributed by atoms with Gasteiger partial charge in [0.15, 0.2) is 0 Å². The maximum atomic E-state index is 7.02. The Morgan fingerprint density at radius 2 is 1.38 bits per heavy atom. The van der Waals surface area contributed by atoms with E-state index >= 15 is 0 Å². The topological polar surface area (TPSA) is 37.4 Å². The van der Waals surface area contributed by atoms with Gasteiger partial charge in [-0.1, -0.05) is 125 Å². The lowest BCUT2D eigenvalue weighted by atomic mass is 9.61. The number of aromatic nitrogens is 3. The Balaban J connectivity index is 1.13. The van der Waals surface area contributed by atoms with Gasteiger partial charge in [0.05, 0.1) is 28.1 Å². The highest BCUT2D eigenvalue weighted by Gasteiger charge is 2.46. The molecule has 2 aliphatic rings. The van der Waals surface area contributed by atoms with E-state index in [0.29, 0.717) is 0 Å². The number of hydrogen-bond donors (Lipinski definition) is 0. The van der Waals surface area contributed by atoms with Crippen LogP contribution in [0.25, 0.3) is 22.4 Å². The van der Waals surface area contributed by atoms with Gasteiger partial charge in [-0.15, -0.1) is 0 Å². The fourth-order valence-corrected chi connectivity index (χ4v) is 9.14. The number of nitrogens with zero attached hydrogens (tertiary/aromatic N) is 5. The first kappa shape index (κ1) is 35.8. The molecule has 10 rings (SSSR count). The van der Waals surface area contributed by atoms with Crippen LogP contribution in [-0.4, -0.2) is 16.5 Å². The van der Waals surface area contributed by atoms with Gasteiger partial charge in [0.25, 0.3) is 6.33 Å². The molecule has 0 saturated heterocycles. The molecule has 0 amide bonds. The third kappa shape index (κ3) is 5.63. The predicted molar refractivity (Wildman–Crippen MR) is 237 cm³/mol. The maximum Gasteiger partial charge on any atom is 0.422 e. The molecule has 0 bridgehead atoms. The molecule has 8 aromatic rings. The molecule has 0 spiro atoms. The first-order chi connectivity index (χ1) is 28.0. The van der Waals surface area contributed by atoms with E-state index in [4.69, 9.17) is 9.72 Å². The van der Waals surface area contributed by atoms with Crippen LogP contribution in [0.4, 0.5) is 22.9 Å². The molecule has 0 atom stereocenters. The third-order valence-electron chi connectivity index (χ3n) is 12.1. The molecule has 0 saturated carbocycles. The molecule has 0 radical (unpaired) electrons. The monoisotopic (exact) mass is 755 g/mol. The molecule has 6 nitrogen and oxygen atoms in total. The Bertz CT molecular complexity index is 2860. The summed E-state index contributed by atoms with van der Waals surface area (Å²) in [7, 11) is 0. The molecule has 7 heteroatoms. The number of ether oxygens (including phenoxy) is 1. The average Bonchev–Trinajstić information content (AvgIpc) is 3.77. The lowest BCUT2D eigenvalue weighted by Gasteiger charge is -2.34. The van der Waals surface area contributed by atoms with Gasteiger partial charge < -0.3 is 14.4 Å². The molecule has 4 heterocycles. The molecule has 284 valence electrons. The van der Waals surface area contributed by atoms with Gasteiger partial charge in [0.2, 0.25) is 0 Å². The number of rotatable bonds is 6. The summed E-state index contributed by atoms with van der Waals surface area (Å²) in [5.74, 6) is 2.45. The number of para-hydroxylation sites is 3. The quantitative estimate of drug-likeness (QED) is 0.0962. The summed E-state index contributed by atoms with van der Waals surface area (Å²) in [6, 6.07) is 51.8. The summed E-state index contributed by atoms with van der Waals surface area (Å²) in [4.78, 5) is 9.93. The van der Waals surface area contributed by atoms with Gasteiger partial charge in [0, 0.05) is 29.1 Å². The Morgan fingerprint density at radius 1 is 0.655 bits per heavy atom. The van der Waals surface area contributed by atoms with Gasteiger partial charge in [-0.3, -0.25) is 9.13 Å². The molecule has 0 aliphatic carbocycles. The van der Waals surface area contributed by atoms with Gasteiger partial charge >= 0.3 is 6.98 Å². The summed E-state index contributed by atoms with van der Waals surface area (Å²) in [5, 5.41) is 0. The summed E-state index contributed by atoms with van der Waals surface area (Å²) in [6.07, 6.45) is 5.62. The molecular formula is C51H46BN5O. The van der Waals surface area contributed by atoms with E-state index in [-0.39, 0.29) is 17.8 Å². The number of hydrogen-bond acceptors (Lipinski definition) is 4. The molecule has 6 aromatic carbocycles. The summed E-state index contributed by atoms with van der Waals surface area (Å²) < 4.78 is 11.4. The van der Waals surface area contributed by atoms with Crippen LogP contribution in [0.1, 0.15) is 62.4 Å². The van der Waals surface area contributed by atoms with Crippen molar-refractivity contribution >= 4 is 46.4 Å². The van der Waals surface area contributed by atoms with E-state index in [2.05, 4.69) is 213 Å². The Morgan fingerprint density at radius 3 is 2.12 bits per heavy atom. The minimum atomic E-state index is -0.229. The van der Waals surface area contributed by atoms with Crippen LogP contribution in [0, 0.1) is 20.2 Å². The number of benzene rings is 6. The van der Waals surface area contributed by atoms with Crippen molar-refractivity contribution in [2.45, 2.75) is 59.3 Å². The van der Waals surface area contributed by atoms with E-state index in [0.717, 1.165) is 51.3 Å². The minimum absolute atomic E-state index is 0.158. The summed E-state index contributed by atoms with van der Waals surface area (Å²) in [5.41, 5.74) is 14.6. The maximum absolute atomic E-state index is 7.02. The summed E-state index contributed by atoms with van der Waals surface area (Å²) >= 11 is 0. The number of anilines is 4. The SMILES string of the molecule is Cc1cccc(C)c1B1N(c2ccccc2)c2cccnc2N1c1cc(Oc2ccc3c(c2)-n2[c-][n+](-c4ccccc4)c4cccc(c42)C3(C)C)cc(C(C)(C)C)c1. The van der Waals surface area contributed by atoms with E-state index in [1.54, 1.807) is 0 Å². The molecule has 0 N–H and O–H groups in total. The highest BCUT2D eigenvalue weighted by molar-refractivity contribution is 6.85. The van der Waals surface area contributed by atoms with Crippen LogP contribution in [-0.2, 0) is 10.8 Å². The first-order valence-electron chi connectivity index (χ1n) is 20.2. The number of imidazole rings is 1. The zero-order valence-electron chi connectivity index (χ0n) is 34.2. The fourth-order valence-electron chi connectivity index (χ4n) is 9.14. The molecule has 0 unspecified atom stereocenters. The van der Waals surface area contributed by atoms with E-state index in [1.165, 1.54) is 38.8 Å². The zero-order chi connectivity index (χ0) is 39.9. The van der Waals surface area contributed by atoms with Gasteiger partial charge in [-0.05, 0) is 102 Å². The number of fused-ring (bicyclic) bond motifs is 3. The highest BCUT2D eigenvalue weighted by Crippen LogP contribution is 2.48. The highest BCUT2D eigenvalue weighted by atomic mass is 16.5. The lowest BCUT2D eigenvalue weighted by molar-refractivity contribution is -0.572. The molecular weight excluding hydrogens is 709 g/mol. The van der Waals surface area contributed by atoms with Crippen molar-refractivity contribution in [3.05, 3.63) is 186 Å². The van der Waals surface area contributed by atoms with Crippen molar-refractivity contribution in [3.63, 3.8) is 0 Å². The third-order valence-corrected chi connectivity index (χ3v) is 12.1. The van der Waals surface area contributed by atoms with Crippen molar-refractivity contribution in [2.75, 3.05) is 9.62 Å². The molecule has 58 heavy (non-hydrogen) atoms. The molecule has 2 aliphatic heterocycles. The second-order valence-electron chi connectivity index (χ2n) is 17.3. The van der Waals surface area contributed by atoms with Crippen LogP contribution in [0.2, 0.25) is 0 Å². The largest absolute Gasteiger partial charge is 0.458 e. The first-order valence-corrected chi connectivity index (χ1v) is 20.2. The van der Waals surface area contributed by atoms with Crippen LogP contribution in [0.15, 0.2) is 152 Å². The zero-order valence-corrected chi connectivity index (χ0v) is 34.2. The lowest BCUT2D eigenvalue weighted by Crippen LogP contribution is -2.55. The van der Waals surface area contributed by atoms with Gasteiger partial charge in [-0.2, -0.15) is 0 Å². The van der Waals surface area contributed by atoms with Crippen LogP contribution < -0.4 is 24.4 Å². The predicted octanol–water partition coefficient (Wildman–Crippen LogP) is 11.1. The standard InChI is InChI=1S/C51H46BN5O/c1-34-17-14-18-35(2)47(34)52-56(38-21-12-9-13-22-38)45-25-16-28-53-49(45)57(52)39-29-36(50(3,4)5)30-41(31-39)58-40-26-27-42-46(32-40)55-33-54(37-19-10-8-11-20-37)44-24-15-23-43(48(44)55)51(42,6)7/h8-32H,1-7H3. The van der Waals surface area contributed by atoms with Gasteiger partial charge in [0.1, 0.15) is 17.3 Å². The van der Waals surface area contributed by atoms with Crippen molar-refractivity contribution in [3.8, 4) is 22.9 Å².